The summed E-state index contributed by atoms with van der Waals surface area (Å²) < 4.78 is 0. The van der Waals surface area contributed by atoms with E-state index in [1.807, 2.05) is 27.7 Å². The quantitative estimate of drug-likeness (QED) is 0.731. The SMILES string of the molecule is CCC(C)[C@H](NC(=O)C1CC(=O)CC1(C)C)C(=O)N1CCC[C@H]1C(N)=O. The molecule has 2 unspecified atom stereocenters. The highest BCUT2D eigenvalue weighted by atomic mass is 16.2. The van der Waals surface area contributed by atoms with Gasteiger partial charge in [-0.3, -0.25) is 19.2 Å². The van der Waals surface area contributed by atoms with Crippen LogP contribution in [0.2, 0.25) is 0 Å². The minimum absolute atomic E-state index is 0.0786. The molecule has 7 heteroatoms. The average molecular weight is 365 g/mol. The molecule has 3 N–H and O–H groups in total. The molecule has 2 fully saturated rings. The first-order valence-corrected chi connectivity index (χ1v) is 9.50. The number of amides is 3. The summed E-state index contributed by atoms with van der Waals surface area (Å²) in [7, 11) is 0. The topological polar surface area (TPSA) is 110 Å². The Morgan fingerprint density at radius 3 is 2.50 bits per heavy atom. The largest absolute Gasteiger partial charge is 0.368 e. The molecule has 7 nitrogen and oxygen atoms in total. The van der Waals surface area contributed by atoms with E-state index >= 15 is 0 Å². The zero-order valence-electron chi connectivity index (χ0n) is 16.2. The highest BCUT2D eigenvalue weighted by Crippen LogP contribution is 2.40. The van der Waals surface area contributed by atoms with Gasteiger partial charge in [-0.15, -0.1) is 0 Å². The summed E-state index contributed by atoms with van der Waals surface area (Å²) in [6, 6.07) is -1.31. The number of nitrogens with zero attached hydrogens (tertiary/aromatic N) is 1. The van der Waals surface area contributed by atoms with Crippen molar-refractivity contribution in [2.45, 2.75) is 71.9 Å². The normalized spacial score (nSPS) is 27.2. The Hall–Kier alpha value is -1.92. The van der Waals surface area contributed by atoms with Crippen molar-refractivity contribution in [1.82, 2.24) is 10.2 Å². The highest BCUT2D eigenvalue weighted by molar-refractivity contribution is 5.95. The lowest BCUT2D eigenvalue weighted by atomic mass is 9.81. The van der Waals surface area contributed by atoms with Gasteiger partial charge in [-0.2, -0.15) is 0 Å². The maximum Gasteiger partial charge on any atom is 0.246 e. The molecular formula is C19H31N3O4. The van der Waals surface area contributed by atoms with E-state index in [2.05, 4.69) is 5.32 Å². The van der Waals surface area contributed by atoms with Crippen LogP contribution in [0, 0.1) is 17.3 Å². The molecular weight excluding hydrogens is 334 g/mol. The third-order valence-corrected chi connectivity index (χ3v) is 5.99. The van der Waals surface area contributed by atoms with Crippen molar-refractivity contribution in [1.29, 1.82) is 0 Å². The fourth-order valence-corrected chi connectivity index (χ4v) is 4.10. The smallest absolute Gasteiger partial charge is 0.246 e. The predicted molar refractivity (Wildman–Crippen MR) is 96.8 cm³/mol. The number of hydrogen-bond donors (Lipinski definition) is 2. The second-order valence-corrected chi connectivity index (χ2v) is 8.42. The van der Waals surface area contributed by atoms with E-state index in [-0.39, 0.29) is 29.9 Å². The fourth-order valence-electron chi connectivity index (χ4n) is 4.10. The van der Waals surface area contributed by atoms with Crippen LogP contribution >= 0.6 is 0 Å². The molecule has 0 spiro atoms. The van der Waals surface area contributed by atoms with E-state index in [1.54, 1.807) is 0 Å². The van der Waals surface area contributed by atoms with Gasteiger partial charge in [0, 0.05) is 19.4 Å². The van der Waals surface area contributed by atoms with Gasteiger partial charge < -0.3 is 16.0 Å². The number of nitrogens with two attached hydrogens (primary N) is 1. The summed E-state index contributed by atoms with van der Waals surface area (Å²) in [6.07, 6.45) is 2.59. The van der Waals surface area contributed by atoms with Crippen LogP contribution < -0.4 is 11.1 Å². The number of ketones is 1. The maximum absolute atomic E-state index is 13.1. The van der Waals surface area contributed by atoms with Crippen LogP contribution in [0.4, 0.5) is 0 Å². The molecule has 1 saturated heterocycles. The monoisotopic (exact) mass is 365 g/mol. The van der Waals surface area contributed by atoms with E-state index in [0.717, 1.165) is 6.42 Å². The molecule has 1 aliphatic heterocycles. The Bertz CT molecular complexity index is 602. The Morgan fingerprint density at radius 2 is 2.00 bits per heavy atom. The Kier molecular flexibility index (Phi) is 6.09. The van der Waals surface area contributed by atoms with Gasteiger partial charge in [0.2, 0.25) is 17.7 Å². The van der Waals surface area contributed by atoms with Gasteiger partial charge >= 0.3 is 0 Å². The Labute approximate surface area is 155 Å². The van der Waals surface area contributed by atoms with Crippen LogP contribution in [0.15, 0.2) is 0 Å². The summed E-state index contributed by atoms with van der Waals surface area (Å²) in [6.45, 7) is 8.15. The lowest BCUT2D eigenvalue weighted by molar-refractivity contribution is -0.143. The van der Waals surface area contributed by atoms with E-state index in [0.29, 0.717) is 25.8 Å². The van der Waals surface area contributed by atoms with Gasteiger partial charge in [-0.25, -0.2) is 0 Å². The van der Waals surface area contributed by atoms with Crippen molar-refractivity contribution in [2.75, 3.05) is 6.54 Å². The summed E-state index contributed by atoms with van der Waals surface area (Å²) >= 11 is 0. The van der Waals surface area contributed by atoms with Crippen molar-refractivity contribution in [2.24, 2.45) is 23.0 Å². The minimum Gasteiger partial charge on any atom is -0.368 e. The number of rotatable bonds is 6. The zero-order valence-corrected chi connectivity index (χ0v) is 16.2. The standard InChI is InChI=1S/C19H31N3O4/c1-5-11(2)15(18(26)22-8-6-7-14(22)16(20)24)21-17(25)13-9-12(23)10-19(13,3)4/h11,13-15H,5-10H2,1-4H3,(H2,20,24)(H,21,25)/t11?,13?,14-,15-/m0/s1. The molecule has 1 saturated carbocycles. The first-order valence-electron chi connectivity index (χ1n) is 9.50. The van der Waals surface area contributed by atoms with Crippen molar-refractivity contribution in [3.05, 3.63) is 0 Å². The van der Waals surface area contributed by atoms with Gasteiger partial charge in [0.05, 0.1) is 5.92 Å². The lowest BCUT2D eigenvalue weighted by Crippen LogP contribution is -2.56. The van der Waals surface area contributed by atoms with Crippen LogP contribution in [-0.2, 0) is 19.2 Å². The van der Waals surface area contributed by atoms with Crippen molar-refractivity contribution in [3.63, 3.8) is 0 Å². The summed E-state index contributed by atoms with van der Waals surface area (Å²) in [5.41, 5.74) is 5.02. The fraction of sp³-hybridized carbons (Fsp3) is 0.789. The van der Waals surface area contributed by atoms with E-state index in [4.69, 9.17) is 5.73 Å². The minimum atomic E-state index is -0.709. The number of likely N-dealkylation sites (tertiary alicyclic amines) is 1. The van der Waals surface area contributed by atoms with E-state index in [9.17, 15) is 19.2 Å². The number of Topliss-reactive ketones (excluding diaryl/α,β-unsaturated/α-hetero) is 1. The molecule has 146 valence electrons. The summed E-state index contributed by atoms with van der Waals surface area (Å²) in [5.74, 6) is -1.45. The second kappa shape index (κ2) is 7.76. The third-order valence-electron chi connectivity index (χ3n) is 5.99. The predicted octanol–water partition coefficient (Wildman–Crippen LogP) is 0.999. The third kappa shape index (κ3) is 4.07. The number of primary amides is 1. The van der Waals surface area contributed by atoms with Gasteiger partial charge in [-0.05, 0) is 24.2 Å². The Balaban J connectivity index is 2.17. The molecule has 0 aromatic carbocycles. The average Bonchev–Trinajstić information content (AvgIpc) is 3.14. The zero-order chi connectivity index (χ0) is 19.6. The van der Waals surface area contributed by atoms with Crippen LogP contribution in [0.25, 0.3) is 0 Å². The van der Waals surface area contributed by atoms with Gasteiger partial charge in [-0.1, -0.05) is 34.1 Å². The van der Waals surface area contributed by atoms with Crippen LogP contribution in [0.3, 0.4) is 0 Å². The summed E-state index contributed by atoms with van der Waals surface area (Å²) in [4.78, 5) is 50.9. The molecule has 4 atom stereocenters. The highest BCUT2D eigenvalue weighted by Gasteiger charge is 2.45. The molecule has 0 aromatic heterocycles. The van der Waals surface area contributed by atoms with Crippen LogP contribution in [0.5, 0.6) is 0 Å². The molecule has 1 aliphatic carbocycles. The van der Waals surface area contributed by atoms with Gasteiger partial charge in [0.1, 0.15) is 17.9 Å². The number of hydrogen-bond acceptors (Lipinski definition) is 4. The van der Waals surface area contributed by atoms with Crippen molar-refractivity contribution in [3.8, 4) is 0 Å². The summed E-state index contributed by atoms with van der Waals surface area (Å²) in [5, 5.41) is 2.89. The maximum atomic E-state index is 13.1. The Morgan fingerprint density at radius 1 is 1.35 bits per heavy atom. The van der Waals surface area contributed by atoms with Crippen molar-refractivity contribution >= 4 is 23.5 Å². The molecule has 0 bridgehead atoms. The first kappa shape index (κ1) is 20.4. The van der Waals surface area contributed by atoms with Gasteiger partial charge in [0.25, 0.3) is 0 Å². The van der Waals surface area contributed by atoms with Crippen LogP contribution in [0.1, 0.15) is 59.8 Å². The molecule has 2 rings (SSSR count). The second-order valence-electron chi connectivity index (χ2n) is 8.42. The number of carbonyl (C=O) groups excluding carboxylic acids is 4. The van der Waals surface area contributed by atoms with E-state index in [1.165, 1.54) is 4.90 Å². The molecule has 0 aromatic rings. The van der Waals surface area contributed by atoms with Gasteiger partial charge in [0.15, 0.2) is 0 Å². The molecule has 0 radical (unpaired) electrons. The molecule has 1 heterocycles. The lowest BCUT2D eigenvalue weighted by Gasteiger charge is -2.33. The molecule has 2 aliphatic rings. The van der Waals surface area contributed by atoms with E-state index < -0.39 is 29.3 Å². The molecule has 3 amide bonds. The first-order chi connectivity index (χ1) is 12.1. The number of nitrogens with one attached hydrogen (secondary N) is 1. The van der Waals surface area contributed by atoms with Crippen molar-refractivity contribution < 1.29 is 19.2 Å². The van der Waals surface area contributed by atoms with Crippen LogP contribution in [-0.4, -0.2) is 47.0 Å². The number of carbonyl (C=O) groups is 4. The molecule has 26 heavy (non-hydrogen) atoms.